The van der Waals surface area contributed by atoms with Crippen molar-refractivity contribution in [2.75, 3.05) is 13.2 Å². The molecule has 5 nitrogen and oxygen atoms in total. The van der Waals surface area contributed by atoms with Gasteiger partial charge in [-0.2, -0.15) is 5.26 Å². The Morgan fingerprint density at radius 3 is 2.71 bits per heavy atom. The summed E-state index contributed by atoms with van der Waals surface area (Å²) < 4.78 is 5.20. The van der Waals surface area contributed by atoms with E-state index in [1.807, 2.05) is 0 Å². The Hall–Kier alpha value is -2.06. The largest absolute Gasteiger partial charge is 0.484 e. The molecule has 0 saturated carbocycles. The lowest BCUT2D eigenvalue weighted by atomic mass is 10.1. The second kappa shape index (κ2) is 6.51. The number of aliphatic hydroxyl groups is 1. The van der Waals surface area contributed by atoms with Gasteiger partial charge in [0, 0.05) is 0 Å². The van der Waals surface area contributed by atoms with Crippen LogP contribution >= 0.6 is 0 Å². The number of carbonyl (C=O) groups is 1. The molecule has 0 saturated heterocycles. The van der Waals surface area contributed by atoms with Gasteiger partial charge in [0.2, 0.25) is 0 Å². The van der Waals surface area contributed by atoms with Crippen LogP contribution in [0.5, 0.6) is 5.75 Å². The molecule has 0 aliphatic heterocycles. The molecule has 1 rings (SSSR count). The van der Waals surface area contributed by atoms with Crippen molar-refractivity contribution >= 4 is 5.91 Å². The fourth-order valence-corrected chi connectivity index (χ4v) is 1.18. The Morgan fingerprint density at radius 1 is 1.53 bits per heavy atom. The van der Waals surface area contributed by atoms with E-state index >= 15 is 0 Å². The Morgan fingerprint density at radius 2 is 2.18 bits per heavy atom. The normalized spacial score (nSPS) is 11.4. The summed E-state index contributed by atoms with van der Waals surface area (Å²) in [5, 5.41) is 19.9. The van der Waals surface area contributed by atoms with Crippen LogP contribution in [-0.2, 0) is 4.79 Å². The van der Waals surface area contributed by atoms with E-state index in [2.05, 4.69) is 5.32 Å². The van der Waals surface area contributed by atoms with Crippen LogP contribution in [0.15, 0.2) is 24.3 Å². The van der Waals surface area contributed by atoms with Gasteiger partial charge in [-0.15, -0.1) is 0 Å². The molecule has 2 N–H and O–H groups in total. The van der Waals surface area contributed by atoms with E-state index in [0.29, 0.717) is 5.75 Å². The van der Waals surface area contributed by atoms with Crippen LogP contribution < -0.4 is 10.1 Å². The number of hydrogen-bond acceptors (Lipinski definition) is 4. The predicted molar refractivity (Wildman–Crippen MR) is 61.2 cm³/mol. The molecule has 1 aromatic rings. The molecular weight excluding hydrogens is 220 g/mol. The molecule has 5 heteroatoms. The van der Waals surface area contributed by atoms with Crippen molar-refractivity contribution in [2.45, 2.75) is 13.0 Å². The highest BCUT2D eigenvalue weighted by atomic mass is 16.5. The fraction of sp³-hybridized carbons (Fsp3) is 0.333. The van der Waals surface area contributed by atoms with Gasteiger partial charge in [-0.05, 0) is 24.6 Å². The van der Waals surface area contributed by atoms with E-state index in [-0.39, 0.29) is 19.1 Å². The van der Waals surface area contributed by atoms with Gasteiger partial charge in [0.25, 0.3) is 5.91 Å². The van der Waals surface area contributed by atoms with Crippen molar-refractivity contribution in [1.82, 2.24) is 5.32 Å². The number of aliphatic hydroxyl groups excluding tert-OH is 1. The minimum atomic E-state index is -0.525. The van der Waals surface area contributed by atoms with Crippen LogP contribution in [-0.4, -0.2) is 24.2 Å². The highest BCUT2D eigenvalue weighted by molar-refractivity contribution is 5.77. The Bertz CT molecular complexity index is 407. The van der Waals surface area contributed by atoms with E-state index in [1.54, 1.807) is 37.3 Å². The lowest BCUT2D eigenvalue weighted by Gasteiger charge is -2.08. The van der Waals surface area contributed by atoms with Crippen molar-refractivity contribution in [3.05, 3.63) is 29.8 Å². The molecule has 90 valence electrons. The maximum Gasteiger partial charge on any atom is 0.258 e. The molecule has 0 aliphatic rings. The Kier molecular flexibility index (Phi) is 4.98. The van der Waals surface area contributed by atoms with E-state index in [0.717, 1.165) is 5.56 Å². The van der Waals surface area contributed by atoms with Gasteiger partial charge >= 0.3 is 0 Å². The van der Waals surface area contributed by atoms with E-state index in [4.69, 9.17) is 10.00 Å². The quantitative estimate of drug-likeness (QED) is 0.737. The van der Waals surface area contributed by atoms with Crippen LogP contribution in [0.25, 0.3) is 0 Å². The molecular formula is C12H14N2O3. The zero-order chi connectivity index (χ0) is 12.7. The summed E-state index contributed by atoms with van der Waals surface area (Å²) in [6, 6.07) is 8.62. The first-order chi connectivity index (χ1) is 8.13. The zero-order valence-corrected chi connectivity index (χ0v) is 9.51. The molecule has 0 spiro atoms. The van der Waals surface area contributed by atoms with Crippen molar-refractivity contribution in [3.8, 4) is 11.8 Å². The van der Waals surface area contributed by atoms with Crippen molar-refractivity contribution in [3.63, 3.8) is 0 Å². The van der Waals surface area contributed by atoms with Gasteiger partial charge in [-0.3, -0.25) is 4.79 Å². The van der Waals surface area contributed by atoms with E-state index in [9.17, 15) is 9.90 Å². The summed E-state index contributed by atoms with van der Waals surface area (Å²) in [6.07, 6.45) is -0.525. The highest BCUT2D eigenvalue weighted by Gasteiger charge is 2.03. The van der Waals surface area contributed by atoms with Crippen LogP contribution in [0.4, 0.5) is 0 Å². The lowest BCUT2D eigenvalue weighted by Crippen LogP contribution is -2.28. The smallest absolute Gasteiger partial charge is 0.258 e. The molecule has 0 radical (unpaired) electrons. The first kappa shape index (κ1) is 13.0. The minimum absolute atomic E-state index is 0.0246. The van der Waals surface area contributed by atoms with Gasteiger partial charge in [-0.1, -0.05) is 12.1 Å². The number of nitriles is 1. The van der Waals surface area contributed by atoms with E-state index < -0.39 is 6.10 Å². The third-order valence-corrected chi connectivity index (χ3v) is 2.10. The van der Waals surface area contributed by atoms with E-state index in [1.165, 1.54) is 0 Å². The lowest BCUT2D eigenvalue weighted by molar-refractivity contribution is -0.122. The molecule has 0 bridgehead atoms. The topological polar surface area (TPSA) is 82.3 Å². The van der Waals surface area contributed by atoms with Gasteiger partial charge in [0.05, 0.1) is 12.2 Å². The summed E-state index contributed by atoms with van der Waals surface area (Å²) in [5.74, 6) is 0.202. The summed E-state index contributed by atoms with van der Waals surface area (Å²) in [7, 11) is 0. The highest BCUT2D eigenvalue weighted by Crippen LogP contribution is 2.16. The molecule has 17 heavy (non-hydrogen) atoms. The molecule has 0 aromatic heterocycles. The van der Waals surface area contributed by atoms with Crippen LogP contribution in [0.3, 0.4) is 0 Å². The van der Waals surface area contributed by atoms with Gasteiger partial charge in [0.1, 0.15) is 12.3 Å². The monoisotopic (exact) mass is 234 g/mol. The predicted octanol–water partition coefficient (Wildman–Crippen LogP) is 0.758. The number of rotatable bonds is 5. The van der Waals surface area contributed by atoms with Gasteiger partial charge in [-0.25, -0.2) is 0 Å². The number of benzene rings is 1. The molecule has 0 fully saturated rings. The molecule has 1 atom stereocenters. The summed E-state index contributed by atoms with van der Waals surface area (Å²) in [5.41, 5.74) is 0.784. The van der Waals surface area contributed by atoms with Gasteiger partial charge < -0.3 is 15.2 Å². The van der Waals surface area contributed by atoms with Crippen molar-refractivity contribution in [2.24, 2.45) is 0 Å². The molecule has 1 unspecified atom stereocenters. The average Bonchev–Trinajstić information content (AvgIpc) is 2.34. The standard InChI is InChI=1S/C12H14N2O3/c1-9(15)10-2-4-11(5-3-10)17-8-12(16)14-7-6-13/h2-5,9,15H,7-8H2,1H3,(H,14,16). The van der Waals surface area contributed by atoms with Crippen LogP contribution in [0.1, 0.15) is 18.6 Å². The molecule has 1 aromatic carbocycles. The summed E-state index contributed by atoms with van der Waals surface area (Å²) in [4.78, 5) is 11.1. The SMILES string of the molecule is CC(O)c1ccc(OCC(=O)NCC#N)cc1. The number of amides is 1. The number of nitrogens with one attached hydrogen (secondary N) is 1. The summed E-state index contributed by atoms with van der Waals surface area (Å²) >= 11 is 0. The minimum Gasteiger partial charge on any atom is -0.484 e. The average molecular weight is 234 g/mol. The Labute approximate surface area is 99.6 Å². The third-order valence-electron chi connectivity index (χ3n) is 2.10. The first-order valence-electron chi connectivity index (χ1n) is 5.18. The number of hydrogen-bond donors (Lipinski definition) is 2. The van der Waals surface area contributed by atoms with Crippen molar-refractivity contribution in [1.29, 1.82) is 5.26 Å². The second-order valence-electron chi connectivity index (χ2n) is 3.47. The number of ether oxygens (including phenoxy) is 1. The first-order valence-corrected chi connectivity index (χ1v) is 5.18. The second-order valence-corrected chi connectivity index (χ2v) is 3.47. The molecule has 0 aliphatic carbocycles. The number of nitrogens with zero attached hydrogens (tertiary/aromatic N) is 1. The maximum absolute atomic E-state index is 11.1. The molecule has 0 heterocycles. The Balaban J connectivity index is 2.42. The third kappa shape index (κ3) is 4.53. The fourth-order valence-electron chi connectivity index (χ4n) is 1.18. The van der Waals surface area contributed by atoms with Crippen molar-refractivity contribution < 1.29 is 14.6 Å². The maximum atomic E-state index is 11.1. The van der Waals surface area contributed by atoms with Crippen LogP contribution in [0, 0.1) is 11.3 Å². The molecule has 1 amide bonds. The summed E-state index contributed by atoms with van der Waals surface area (Å²) in [6.45, 7) is 1.52. The van der Waals surface area contributed by atoms with Gasteiger partial charge in [0.15, 0.2) is 6.61 Å². The zero-order valence-electron chi connectivity index (χ0n) is 9.51. The number of carbonyl (C=O) groups excluding carboxylic acids is 1. The van der Waals surface area contributed by atoms with Crippen LogP contribution in [0.2, 0.25) is 0 Å².